The number of sulfone groups is 1. The maximum Gasteiger partial charge on any atom is 0.170 e. The first-order valence-electron chi connectivity index (χ1n) is 6.21. The molecule has 0 aromatic heterocycles. The Morgan fingerprint density at radius 3 is 2.65 bits per heavy atom. The van der Waals surface area contributed by atoms with Crippen molar-refractivity contribution in [3.8, 4) is 5.75 Å². The van der Waals surface area contributed by atoms with Gasteiger partial charge in [-0.1, -0.05) is 17.3 Å². The van der Waals surface area contributed by atoms with Crippen LogP contribution in [0.2, 0.25) is 0 Å². The lowest BCUT2D eigenvalue weighted by Gasteiger charge is -2.12. The molecule has 20 heavy (non-hydrogen) atoms. The summed E-state index contributed by atoms with van der Waals surface area (Å²) in [6.45, 7) is 5.18. The SMILES string of the molecule is Cc1ccc(/C(N)=N/O)cc1OCCS(=O)(=O)C(C)C. The molecule has 0 heterocycles. The maximum absolute atomic E-state index is 11.7. The second-order valence-electron chi connectivity index (χ2n) is 4.73. The van der Waals surface area contributed by atoms with E-state index in [0.717, 1.165) is 5.56 Å². The lowest BCUT2D eigenvalue weighted by Crippen LogP contribution is -2.22. The molecule has 0 unspecified atom stereocenters. The highest BCUT2D eigenvalue weighted by Crippen LogP contribution is 2.19. The normalized spacial score (nSPS) is 12.7. The van der Waals surface area contributed by atoms with Crippen molar-refractivity contribution in [3.63, 3.8) is 0 Å². The van der Waals surface area contributed by atoms with E-state index in [4.69, 9.17) is 15.7 Å². The van der Waals surface area contributed by atoms with Gasteiger partial charge in [-0.25, -0.2) is 8.42 Å². The number of nitrogens with two attached hydrogens (primary N) is 1. The summed E-state index contributed by atoms with van der Waals surface area (Å²) in [5, 5.41) is 11.1. The molecule has 0 amide bonds. The molecule has 6 nitrogen and oxygen atoms in total. The quantitative estimate of drug-likeness (QED) is 0.357. The van der Waals surface area contributed by atoms with Gasteiger partial charge in [0.1, 0.15) is 12.4 Å². The second kappa shape index (κ2) is 6.60. The van der Waals surface area contributed by atoms with Crippen molar-refractivity contribution in [3.05, 3.63) is 29.3 Å². The van der Waals surface area contributed by atoms with E-state index in [-0.39, 0.29) is 18.2 Å². The predicted molar refractivity (Wildman–Crippen MR) is 78.1 cm³/mol. The lowest BCUT2D eigenvalue weighted by molar-refractivity contribution is 0.318. The molecule has 0 saturated carbocycles. The number of oxime groups is 1. The molecule has 1 aromatic carbocycles. The first kappa shape index (κ1) is 16.3. The van der Waals surface area contributed by atoms with Gasteiger partial charge in [0, 0.05) is 5.56 Å². The topological polar surface area (TPSA) is 102 Å². The molecule has 0 spiro atoms. The zero-order valence-electron chi connectivity index (χ0n) is 11.8. The van der Waals surface area contributed by atoms with Crippen LogP contribution in [0.1, 0.15) is 25.0 Å². The predicted octanol–water partition coefficient (Wildman–Crippen LogP) is 1.29. The Bertz CT molecular complexity index is 594. The van der Waals surface area contributed by atoms with E-state index < -0.39 is 15.1 Å². The molecule has 0 aliphatic carbocycles. The molecular formula is C13H20N2O4S. The Labute approximate surface area is 119 Å². The highest BCUT2D eigenvalue weighted by Gasteiger charge is 2.16. The first-order valence-corrected chi connectivity index (χ1v) is 7.92. The van der Waals surface area contributed by atoms with Crippen molar-refractivity contribution in [2.24, 2.45) is 10.9 Å². The molecule has 1 rings (SSSR count). The van der Waals surface area contributed by atoms with Crippen LogP contribution in [0.3, 0.4) is 0 Å². The van der Waals surface area contributed by atoms with Gasteiger partial charge in [-0.05, 0) is 32.4 Å². The summed E-state index contributed by atoms with van der Waals surface area (Å²) in [7, 11) is -3.13. The molecule has 112 valence electrons. The van der Waals surface area contributed by atoms with Crippen molar-refractivity contribution in [1.82, 2.24) is 0 Å². The van der Waals surface area contributed by atoms with Crippen LogP contribution in [0, 0.1) is 6.92 Å². The Morgan fingerprint density at radius 2 is 2.10 bits per heavy atom. The fourth-order valence-corrected chi connectivity index (χ4v) is 2.26. The van der Waals surface area contributed by atoms with E-state index in [2.05, 4.69) is 5.16 Å². The summed E-state index contributed by atoms with van der Waals surface area (Å²) >= 11 is 0. The minimum absolute atomic E-state index is 0.0235. The number of hydrogen-bond acceptors (Lipinski definition) is 5. The zero-order valence-corrected chi connectivity index (χ0v) is 12.6. The number of amidine groups is 1. The van der Waals surface area contributed by atoms with Gasteiger partial charge in [0.05, 0.1) is 11.0 Å². The van der Waals surface area contributed by atoms with Crippen LogP contribution >= 0.6 is 0 Å². The third-order valence-electron chi connectivity index (χ3n) is 2.94. The molecular weight excluding hydrogens is 280 g/mol. The summed E-state index contributed by atoms with van der Waals surface area (Å²) in [6.07, 6.45) is 0. The Morgan fingerprint density at radius 1 is 1.45 bits per heavy atom. The fourth-order valence-electron chi connectivity index (χ4n) is 1.48. The molecule has 0 bridgehead atoms. The summed E-state index contributed by atoms with van der Waals surface area (Å²) in [6, 6.07) is 5.08. The standard InChI is InChI=1S/C13H20N2O4S/c1-9(2)20(17,18)7-6-19-12-8-11(13(14)15-16)5-4-10(12)3/h4-5,8-9,16H,6-7H2,1-3H3,(H2,14,15). The minimum Gasteiger partial charge on any atom is -0.492 e. The van der Waals surface area contributed by atoms with E-state index in [0.29, 0.717) is 11.3 Å². The van der Waals surface area contributed by atoms with Crippen molar-refractivity contribution in [2.45, 2.75) is 26.0 Å². The van der Waals surface area contributed by atoms with Crippen molar-refractivity contribution >= 4 is 15.7 Å². The first-order chi connectivity index (χ1) is 9.27. The van der Waals surface area contributed by atoms with Gasteiger partial charge in [-0.2, -0.15) is 0 Å². The molecule has 1 aromatic rings. The van der Waals surface area contributed by atoms with Crippen LogP contribution in [0.15, 0.2) is 23.4 Å². The Balaban J connectivity index is 2.78. The number of nitrogens with zero attached hydrogens (tertiary/aromatic N) is 1. The van der Waals surface area contributed by atoms with Crippen LogP contribution in [-0.4, -0.2) is 37.1 Å². The Hall–Kier alpha value is -1.76. The lowest BCUT2D eigenvalue weighted by atomic mass is 10.1. The zero-order chi connectivity index (χ0) is 15.3. The molecule has 0 radical (unpaired) electrons. The van der Waals surface area contributed by atoms with Crippen LogP contribution in [-0.2, 0) is 9.84 Å². The molecule has 0 aliphatic heterocycles. The van der Waals surface area contributed by atoms with Gasteiger partial charge >= 0.3 is 0 Å². The number of aryl methyl sites for hydroxylation is 1. The highest BCUT2D eigenvalue weighted by molar-refractivity contribution is 7.91. The number of ether oxygens (including phenoxy) is 1. The van der Waals surface area contributed by atoms with Gasteiger partial charge in [0.15, 0.2) is 15.7 Å². The average molecular weight is 300 g/mol. The summed E-state index contributed by atoms with van der Waals surface area (Å²) in [4.78, 5) is 0. The van der Waals surface area contributed by atoms with Gasteiger partial charge in [0.25, 0.3) is 0 Å². The second-order valence-corrected chi connectivity index (χ2v) is 7.41. The van der Waals surface area contributed by atoms with Crippen LogP contribution in [0.25, 0.3) is 0 Å². The maximum atomic E-state index is 11.7. The molecule has 7 heteroatoms. The molecule has 0 fully saturated rings. The minimum atomic E-state index is -3.13. The van der Waals surface area contributed by atoms with Gasteiger partial charge in [-0.15, -0.1) is 0 Å². The van der Waals surface area contributed by atoms with Gasteiger partial charge < -0.3 is 15.7 Å². The van der Waals surface area contributed by atoms with Crippen LogP contribution in [0.4, 0.5) is 0 Å². The molecule has 0 saturated heterocycles. The van der Waals surface area contributed by atoms with Crippen molar-refractivity contribution < 1.29 is 18.4 Å². The number of rotatable bonds is 6. The van der Waals surface area contributed by atoms with Gasteiger partial charge in [-0.3, -0.25) is 0 Å². The summed E-state index contributed by atoms with van der Waals surface area (Å²) in [5.74, 6) is 0.454. The largest absolute Gasteiger partial charge is 0.492 e. The van der Waals surface area contributed by atoms with Crippen LogP contribution < -0.4 is 10.5 Å². The molecule has 3 N–H and O–H groups in total. The van der Waals surface area contributed by atoms with E-state index in [1.807, 2.05) is 6.92 Å². The van der Waals surface area contributed by atoms with E-state index >= 15 is 0 Å². The third-order valence-corrected chi connectivity index (χ3v) is 5.11. The summed E-state index contributed by atoms with van der Waals surface area (Å²) in [5.41, 5.74) is 6.86. The van der Waals surface area contributed by atoms with E-state index in [1.165, 1.54) is 0 Å². The molecule has 0 aliphatic rings. The Kier molecular flexibility index (Phi) is 5.38. The van der Waals surface area contributed by atoms with Crippen molar-refractivity contribution in [2.75, 3.05) is 12.4 Å². The average Bonchev–Trinajstić information content (AvgIpc) is 2.39. The number of benzene rings is 1. The highest BCUT2D eigenvalue weighted by atomic mass is 32.2. The monoisotopic (exact) mass is 300 g/mol. The number of hydrogen-bond donors (Lipinski definition) is 2. The molecule has 0 atom stereocenters. The fraction of sp³-hybridized carbons (Fsp3) is 0.462. The smallest absolute Gasteiger partial charge is 0.170 e. The summed E-state index contributed by atoms with van der Waals surface area (Å²) < 4.78 is 28.8. The van der Waals surface area contributed by atoms with E-state index in [1.54, 1.807) is 32.0 Å². The van der Waals surface area contributed by atoms with Gasteiger partial charge in [0.2, 0.25) is 0 Å². The van der Waals surface area contributed by atoms with Crippen LogP contribution in [0.5, 0.6) is 5.75 Å². The van der Waals surface area contributed by atoms with Crippen molar-refractivity contribution in [1.29, 1.82) is 0 Å². The third kappa shape index (κ3) is 4.12. The van der Waals surface area contributed by atoms with E-state index in [9.17, 15) is 8.42 Å².